The van der Waals surface area contributed by atoms with E-state index in [1.165, 1.54) is 19.9 Å². The topological polar surface area (TPSA) is 20.2 Å². The predicted octanol–water partition coefficient (Wildman–Crippen LogP) is 3.54. The highest BCUT2D eigenvalue weighted by atomic mass is 127. The average Bonchev–Trinajstić information content (AvgIpc) is 2.00. The van der Waals surface area contributed by atoms with Crippen molar-refractivity contribution in [2.45, 2.75) is 25.6 Å². The Morgan fingerprint density at radius 3 is 2.13 bits per heavy atom. The van der Waals surface area contributed by atoms with Gasteiger partial charge in [-0.3, -0.25) is 0 Å². The highest BCUT2D eigenvalue weighted by Crippen LogP contribution is 2.34. The fraction of sp³-hybridized carbons (Fsp3) is 0.400. The van der Waals surface area contributed by atoms with Gasteiger partial charge in [-0.15, -0.1) is 0 Å². The lowest BCUT2D eigenvalue weighted by Crippen LogP contribution is -2.18. The van der Waals surface area contributed by atoms with Gasteiger partial charge in [0.1, 0.15) is 0 Å². The molecular weight excluding hydrogens is 320 g/mol. The first-order valence-corrected chi connectivity index (χ1v) is 5.30. The van der Waals surface area contributed by atoms with Gasteiger partial charge in [0.2, 0.25) is 0 Å². The molecule has 0 aromatic heterocycles. The van der Waals surface area contributed by atoms with Crippen molar-refractivity contribution in [1.82, 2.24) is 0 Å². The second-order valence-corrected chi connectivity index (χ2v) is 4.91. The SMILES string of the molecule is CC(C)(O)c1cc(C(F)(F)F)ccc1I. The van der Waals surface area contributed by atoms with Crippen LogP contribution in [-0.4, -0.2) is 5.11 Å². The number of alkyl halides is 3. The Hall–Kier alpha value is -0.300. The molecule has 0 saturated carbocycles. The third-order valence-electron chi connectivity index (χ3n) is 1.95. The third-order valence-corrected chi connectivity index (χ3v) is 2.89. The van der Waals surface area contributed by atoms with E-state index in [2.05, 4.69) is 0 Å². The van der Waals surface area contributed by atoms with Crippen LogP contribution in [0.4, 0.5) is 13.2 Å². The predicted molar refractivity (Wildman–Crippen MR) is 59.4 cm³/mol. The molecule has 0 bridgehead atoms. The van der Waals surface area contributed by atoms with Crippen LogP contribution < -0.4 is 0 Å². The lowest BCUT2D eigenvalue weighted by atomic mass is 9.96. The van der Waals surface area contributed by atoms with Crippen molar-refractivity contribution in [3.8, 4) is 0 Å². The normalized spacial score (nSPS) is 13.0. The van der Waals surface area contributed by atoms with Gasteiger partial charge in [0.15, 0.2) is 0 Å². The molecular formula is C10H10F3IO. The van der Waals surface area contributed by atoms with Crippen LogP contribution in [0.3, 0.4) is 0 Å². The van der Waals surface area contributed by atoms with E-state index < -0.39 is 17.3 Å². The Labute approximate surface area is 99.4 Å². The van der Waals surface area contributed by atoms with Crippen LogP contribution in [0, 0.1) is 3.57 Å². The summed E-state index contributed by atoms with van der Waals surface area (Å²) in [5, 5.41) is 9.69. The molecule has 0 aliphatic rings. The molecule has 0 spiro atoms. The van der Waals surface area contributed by atoms with Crippen LogP contribution >= 0.6 is 22.6 Å². The van der Waals surface area contributed by atoms with E-state index in [0.29, 0.717) is 3.57 Å². The van der Waals surface area contributed by atoms with E-state index >= 15 is 0 Å². The Morgan fingerprint density at radius 2 is 1.73 bits per heavy atom. The number of halogens is 4. The molecule has 0 saturated heterocycles. The van der Waals surface area contributed by atoms with Gasteiger partial charge in [0.25, 0.3) is 0 Å². The first-order valence-electron chi connectivity index (χ1n) is 4.22. The van der Waals surface area contributed by atoms with Crippen LogP contribution in [0.15, 0.2) is 18.2 Å². The second-order valence-electron chi connectivity index (χ2n) is 3.75. The number of hydrogen-bond donors (Lipinski definition) is 1. The first-order chi connectivity index (χ1) is 6.62. The number of hydrogen-bond acceptors (Lipinski definition) is 1. The van der Waals surface area contributed by atoms with E-state index in [1.54, 1.807) is 0 Å². The van der Waals surface area contributed by atoms with Crippen molar-refractivity contribution in [2.75, 3.05) is 0 Å². The molecule has 5 heteroatoms. The van der Waals surface area contributed by atoms with E-state index in [9.17, 15) is 18.3 Å². The smallest absolute Gasteiger partial charge is 0.386 e. The zero-order valence-electron chi connectivity index (χ0n) is 8.19. The van der Waals surface area contributed by atoms with E-state index in [0.717, 1.165) is 12.1 Å². The first kappa shape index (κ1) is 12.8. The van der Waals surface area contributed by atoms with Crippen molar-refractivity contribution < 1.29 is 18.3 Å². The summed E-state index contributed by atoms with van der Waals surface area (Å²) < 4.78 is 37.8. The molecule has 1 aromatic rings. The molecule has 0 aliphatic heterocycles. The minimum Gasteiger partial charge on any atom is -0.386 e. The summed E-state index contributed by atoms with van der Waals surface area (Å²) in [5.41, 5.74) is -1.71. The number of aliphatic hydroxyl groups is 1. The molecule has 0 radical (unpaired) electrons. The quantitative estimate of drug-likeness (QED) is 0.781. The zero-order valence-corrected chi connectivity index (χ0v) is 10.3. The van der Waals surface area contributed by atoms with Gasteiger partial charge in [-0.25, -0.2) is 0 Å². The van der Waals surface area contributed by atoms with Crippen molar-refractivity contribution in [3.63, 3.8) is 0 Å². The van der Waals surface area contributed by atoms with Crippen LogP contribution in [0.2, 0.25) is 0 Å². The van der Waals surface area contributed by atoms with Crippen LogP contribution in [0.5, 0.6) is 0 Å². The maximum absolute atomic E-state index is 12.4. The molecule has 0 atom stereocenters. The number of rotatable bonds is 1. The van der Waals surface area contributed by atoms with Crippen LogP contribution in [0.25, 0.3) is 0 Å². The van der Waals surface area contributed by atoms with E-state index in [4.69, 9.17) is 0 Å². The lowest BCUT2D eigenvalue weighted by molar-refractivity contribution is -0.137. The fourth-order valence-electron chi connectivity index (χ4n) is 1.17. The van der Waals surface area contributed by atoms with Crippen LogP contribution in [0.1, 0.15) is 25.0 Å². The molecule has 0 heterocycles. The molecule has 0 amide bonds. The Bertz CT molecular complexity index is 366. The highest BCUT2D eigenvalue weighted by Gasteiger charge is 2.32. The largest absolute Gasteiger partial charge is 0.416 e. The molecule has 0 unspecified atom stereocenters. The van der Waals surface area contributed by atoms with Gasteiger partial charge in [-0.05, 0) is 60.2 Å². The van der Waals surface area contributed by atoms with Gasteiger partial charge in [-0.2, -0.15) is 13.2 Å². The zero-order chi connectivity index (χ0) is 11.9. The molecule has 1 nitrogen and oxygen atoms in total. The van der Waals surface area contributed by atoms with Gasteiger partial charge < -0.3 is 5.11 Å². The Kier molecular flexibility index (Phi) is 3.35. The van der Waals surface area contributed by atoms with Gasteiger partial charge >= 0.3 is 6.18 Å². The summed E-state index contributed by atoms with van der Waals surface area (Å²) in [6, 6.07) is 3.36. The summed E-state index contributed by atoms with van der Waals surface area (Å²) >= 11 is 1.90. The van der Waals surface area contributed by atoms with Crippen LogP contribution in [-0.2, 0) is 11.8 Å². The summed E-state index contributed by atoms with van der Waals surface area (Å²) in [6.45, 7) is 2.93. The van der Waals surface area contributed by atoms with Gasteiger partial charge in [0.05, 0.1) is 11.2 Å². The average molecular weight is 330 g/mol. The molecule has 15 heavy (non-hydrogen) atoms. The lowest BCUT2D eigenvalue weighted by Gasteiger charge is -2.21. The third kappa shape index (κ3) is 3.07. The minimum absolute atomic E-state index is 0.290. The number of benzene rings is 1. The Balaban J connectivity index is 3.30. The van der Waals surface area contributed by atoms with Crippen molar-refractivity contribution in [2.24, 2.45) is 0 Å². The molecule has 0 aliphatic carbocycles. The Morgan fingerprint density at radius 1 is 1.20 bits per heavy atom. The molecule has 1 rings (SSSR count). The minimum atomic E-state index is -4.37. The molecule has 1 N–H and O–H groups in total. The monoisotopic (exact) mass is 330 g/mol. The van der Waals surface area contributed by atoms with Crippen molar-refractivity contribution in [1.29, 1.82) is 0 Å². The van der Waals surface area contributed by atoms with Gasteiger partial charge in [-0.1, -0.05) is 0 Å². The molecule has 1 aromatic carbocycles. The fourth-order valence-corrected chi connectivity index (χ4v) is 2.17. The maximum Gasteiger partial charge on any atom is 0.416 e. The maximum atomic E-state index is 12.4. The summed E-state index contributed by atoms with van der Waals surface area (Å²) in [5.74, 6) is 0. The highest BCUT2D eigenvalue weighted by molar-refractivity contribution is 14.1. The van der Waals surface area contributed by atoms with E-state index in [1.807, 2.05) is 22.6 Å². The summed E-state index contributed by atoms with van der Waals surface area (Å²) in [6.07, 6.45) is -4.37. The van der Waals surface area contributed by atoms with Crippen molar-refractivity contribution in [3.05, 3.63) is 32.9 Å². The molecule has 84 valence electrons. The van der Waals surface area contributed by atoms with Crippen molar-refractivity contribution >= 4 is 22.6 Å². The second kappa shape index (κ2) is 3.93. The molecule has 0 fully saturated rings. The van der Waals surface area contributed by atoms with Gasteiger partial charge in [0, 0.05) is 3.57 Å². The van der Waals surface area contributed by atoms with E-state index in [-0.39, 0.29) is 5.56 Å². The summed E-state index contributed by atoms with van der Waals surface area (Å²) in [4.78, 5) is 0. The standard InChI is InChI=1S/C10H10F3IO/c1-9(2,15)7-5-6(10(11,12)13)3-4-8(7)14/h3-5,15H,1-2H3. The summed E-state index contributed by atoms with van der Waals surface area (Å²) in [7, 11) is 0.